The molecule has 30 heavy (non-hydrogen) atoms. The van der Waals surface area contributed by atoms with E-state index < -0.39 is 0 Å². The summed E-state index contributed by atoms with van der Waals surface area (Å²) in [6.45, 7) is 10.1. The van der Waals surface area contributed by atoms with Gasteiger partial charge in [0.25, 0.3) is 0 Å². The van der Waals surface area contributed by atoms with Crippen molar-refractivity contribution in [3.8, 4) is 11.1 Å². The van der Waals surface area contributed by atoms with E-state index in [9.17, 15) is 0 Å². The summed E-state index contributed by atoms with van der Waals surface area (Å²) in [4.78, 5) is 0. The van der Waals surface area contributed by atoms with Crippen molar-refractivity contribution >= 4 is 34.8 Å². The smallest absolute Gasteiger partial charge is 0.00217 e. The zero-order valence-electron chi connectivity index (χ0n) is 18.6. The Morgan fingerprint density at radius 1 is 0.600 bits per heavy atom. The van der Waals surface area contributed by atoms with Gasteiger partial charge in [-0.05, 0) is 61.1 Å². The Morgan fingerprint density at radius 3 is 1.87 bits per heavy atom. The lowest BCUT2D eigenvalue weighted by atomic mass is 9.94. The van der Waals surface area contributed by atoms with Gasteiger partial charge in [-0.3, -0.25) is 0 Å². The first kappa shape index (κ1) is 19.8. The first-order valence-electron chi connectivity index (χ1n) is 11.2. The lowest BCUT2D eigenvalue weighted by molar-refractivity contribution is 0.471. The summed E-state index contributed by atoms with van der Waals surface area (Å²) < 4.78 is 0. The third-order valence-corrected chi connectivity index (χ3v) is 10.7. The van der Waals surface area contributed by atoms with E-state index in [4.69, 9.17) is 0 Å². The molecule has 0 amide bonds. The van der Waals surface area contributed by atoms with Crippen LogP contribution in [0.4, 0.5) is 0 Å². The number of hydrogen-bond donors (Lipinski definition) is 0. The Hall–Kier alpha value is -2.17. The first-order chi connectivity index (χ1) is 14.4. The van der Waals surface area contributed by atoms with Crippen molar-refractivity contribution in [3.05, 3.63) is 78.9 Å². The fourth-order valence-corrected chi connectivity index (χ4v) is 10.2. The van der Waals surface area contributed by atoms with E-state index in [1.807, 2.05) is 0 Å². The summed E-state index contributed by atoms with van der Waals surface area (Å²) in [6.07, 6.45) is 3.99. The zero-order valence-corrected chi connectivity index (χ0v) is 19.5. The number of fused-ring (bicyclic) bond motifs is 2. The molecule has 1 saturated heterocycles. The van der Waals surface area contributed by atoms with Crippen LogP contribution in [-0.2, 0) is 0 Å². The molecule has 4 aromatic carbocycles. The van der Waals surface area contributed by atoms with Crippen LogP contribution in [0.5, 0.6) is 0 Å². The van der Waals surface area contributed by atoms with Gasteiger partial charge < -0.3 is 0 Å². The topological polar surface area (TPSA) is 0 Å². The van der Waals surface area contributed by atoms with Crippen LogP contribution in [-0.4, -0.2) is 10.3 Å². The summed E-state index contributed by atoms with van der Waals surface area (Å²) >= 11 is 0. The highest BCUT2D eigenvalue weighted by Gasteiger charge is 2.45. The highest BCUT2D eigenvalue weighted by molar-refractivity contribution is 7.69. The van der Waals surface area contributed by atoms with Gasteiger partial charge in [-0.15, -0.1) is 0 Å². The Kier molecular flexibility index (Phi) is 4.75. The molecule has 0 radical (unpaired) electrons. The summed E-state index contributed by atoms with van der Waals surface area (Å²) in [5.74, 6) is 0. The average Bonchev–Trinajstić information content (AvgIpc) is 2.72. The molecule has 0 nitrogen and oxygen atoms in total. The highest BCUT2D eigenvalue weighted by Crippen LogP contribution is 2.66. The van der Waals surface area contributed by atoms with Gasteiger partial charge in [-0.1, -0.05) is 121 Å². The molecule has 0 bridgehead atoms. The van der Waals surface area contributed by atoms with E-state index in [2.05, 4.69) is 107 Å². The quantitative estimate of drug-likeness (QED) is 0.291. The summed E-state index contributed by atoms with van der Waals surface area (Å²) in [7, 11) is -0.326. The Morgan fingerprint density at radius 2 is 1.17 bits per heavy atom. The highest BCUT2D eigenvalue weighted by atomic mass is 31.1. The molecule has 1 aliphatic heterocycles. The van der Waals surface area contributed by atoms with Crippen LogP contribution in [0.3, 0.4) is 0 Å². The minimum Gasteiger partial charge on any atom is -0.0630 e. The molecule has 4 aromatic rings. The summed E-state index contributed by atoms with van der Waals surface area (Å²) in [5.41, 5.74) is 2.86. The van der Waals surface area contributed by atoms with E-state index in [1.54, 1.807) is 5.30 Å². The molecular weight excluding hydrogens is 379 g/mol. The maximum Gasteiger partial charge on any atom is -0.00217 e. The summed E-state index contributed by atoms with van der Waals surface area (Å²) in [6, 6.07) is 29.5. The van der Waals surface area contributed by atoms with Gasteiger partial charge in [0, 0.05) is 0 Å². The molecule has 0 N–H and O–H groups in total. The van der Waals surface area contributed by atoms with E-state index >= 15 is 0 Å². The Balaban J connectivity index is 1.89. The predicted molar refractivity (Wildman–Crippen MR) is 135 cm³/mol. The Labute approximate surface area is 182 Å². The minimum absolute atomic E-state index is 0.326. The van der Waals surface area contributed by atoms with Gasteiger partial charge in [-0.25, -0.2) is 0 Å². The molecule has 5 rings (SSSR count). The number of benzene rings is 4. The molecule has 0 unspecified atom stereocenters. The molecule has 1 aliphatic rings. The van der Waals surface area contributed by atoms with E-state index in [-0.39, 0.29) is 7.92 Å². The molecule has 0 aliphatic carbocycles. The van der Waals surface area contributed by atoms with Crippen LogP contribution in [0.2, 0.25) is 0 Å². The second kappa shape index (κ2) is 7.21. The van der Waals surface area contributed by atoms with E-state index in [0.29, 0.717) is 10.3 Å². The lowest BCUT2D eigenvalue weighted by Gasteiger charge is -2.50. The van der Waals surface area contributed by atoms with E-state index in [1.165, 1.54) is 51.9 Å². The molecule has 0 aromatic heterocycles. The normalized spacial score (nSPS) is 18.7. The average molecular weight is 411 g/mol. The van der Waals surface area contributed by atoms with Gasteiger partial charge in [0.2, 0.25) is 0 Å². The van der Waals surface area contributed by atoms with Gasteiger partial charge in [0.15, 0.2) is 0 Å². The predicted octanol–water partition coefficient (Wildman–Crippen LogP) is 8.51. The van der Waals surface area contributed by atoms with Crippen LogP contribution in [0, 0.1) is 0 Å². The lowest BCUT2D eigenvalue weighted by Crippen LogP contribution is -2.39. The summed E-state index contributed by atoms with van der Waals surface area (Å²) in [5, 5.41) is 7.70. The van der Waals surface area contributed by atoms with Gasteiger partial charge in [0.1, 0.15) is 0 Å². The molecule has 1 fully saturated rings. The van der Waals surface area contributed by atoms with Crippen LogP contribution in [0.25, 0.3) is 32.7 Å². The molecule has 1 heteroatoms. The number of hydrogen-bond acceptors (Lipinski definition) is 0. The molecule has 0 spiro atoms. The van der Waals surface area contributed by atoms with Crippen LogP contribution in [0.1, 0.15) is 47.0 Å². The largest absolute Gasteiger partial charge is 0.0630 e. The second-order valence-corrected chi connectivity index (χ2v) is 13.6. The maximum absolute atomic E-state index is 2.52. The molecular formula is C29H31P. The van der Waals surface area contributed by atoms with Crippen LogP contribution >= 0.6 is 7.92 Å². The molecule has 1 heterocycles. The Bertz CT molecular complexity index is 1210. The third-order valence-electron chi connectivity index (χ3n) is 6.99. The monoisotopic (exact) mass is 410 g/mol. The van der Waals surface area contributed by atoms with Crippen LogP contribution < -0.4 is 5.30 Å². The third kappa shape index (κ3) is 3.17. The standard InChI is InChI=1S/C29H31P/c1-28(2)19-10-20-29(3,4)30(28)26-18-17-22-12-6-8-15-24(22)27(26)25-16-9-13-21-11-5-7-14-23(21)25/h5-9,11-18H,10,19-20H2,1-4H3. The van der Waals surface area contributed by atoms with Crippen molar-refractivity contribution < 1.29 is 0 Å². The van der Waals surface area contributed by atoms with Crippen molar-refractivity contribution in [1.82, 2.24) is 0 Å². The molecule has 0 atom stereocenters. The van der Waals surface area contributed by atoms with E-state index in [0.717, 1.165) is 0 Å². The fourth-order valence-electron chi connectivity index (χ4n) is 5.82. The van der Waals surface area contributed by atoms with Gasteiger partial charge in [0.05, 0.1) is 0 Å². The van der Waals surface area contributed by atoms with Gasteiger partial charge >= 0.3 is 0 Å². The maximum atomic E-state index is 2.52. The first-order valence-corrected chi connectivity index (χ1v) is 12.5. The number of rotatable bonds is 2. The van der Waals surface area contributed by atoms with Crippen molar-refractivity contribution in [2.24, 2.45) is 0 Å². The minimum atomic E-state index is -0.326. The van der Waals surface area contributed by atoms with Crippen LogP contribution in [0.15, 0.2) is 78.9 Å². The second-order valence-electron chi connectivity index (χ2n) is 10.0. The van der Waals surface area contributed by atoms with Crippen molar-refractivity contribution in [3.63, 3.8) is 0 Å². The zero-order chi connectivity index (χ0) is 20.9. The molecule has 152 valence electrons. The van der Waals surface area contributed by atoms with Gasteiger partial charge in [-0.2, -0.15) is 0 Å². The molecule has 0 saturated carbocycles. The van der Waals surface area contributed by atoms with Crippen molar-refractivity contribution in [2.45, 2.75) is 57.3 Å². The van der Waals surface area contributed by atoms with Crippen molar-refractivity contribution in [1.29, 1.82) is 0 Å². The SMILES string of the molecule is CC1(C)CCCC(C)(C)P1c1ccc2ccccc2c1-c1cccc2ccccc12. The van der Waals surface area contributed by atoms with Crippen molar-refractivity contribution in [2.75, 3.05) is 0 Å². The fraction of sp³-hybridized carbons (Fsp3) is 0.310.